The Morgan fingerprint density at radius 2 is 2.18 bits per heavy atom. The molecule has 0 bridgehead atoms. The van der Waals surface area contributed by atoms with Gasteiger partial charge in [-0.1, -0.05) is 0 Å². The fourth-order valence-corrected chi connectivity index (χ4v) is 2.84. The zero-order chi connectivity index (χ0) is 13.1. The first kappa shape index (κ1) is 14.2. The van der Waals surface area contributed by atoms with Crippen LogP contribution < -0.4 is 10.0 Å². The normalized spacial score (nSPS) is 22.5. The quantitative estimate of drug-likeness (QED) is 0.729. The van der Waals surface area contributed by atoms with Crippen molar-refractivity contribution in [2.24, 2.45) is 0 Å². The number of rotatable bonds is 3. The van der Waals surface area contributed by atoms with Crippen molar-refractivity contribution in [3.8, 4) is 0 Å². The number of hydrogen-bond donors (Lipinski definition) is 2. The second-order valence-electron chi connectivity index (χ2n) is 4.23. The van der Waals surface area contributed by atoms with Crippen LogP contribution in [-0.4, -0.2) is 50.6 Å². The molecule has 0 spiro atoms. The van der Waals surface area contributed by atoms with E-state index >= 15 is 0 Å². The Morgan fingerprint density at radius 1 is 1.53 bits per heavy atom. The molecule has 8 heteroatoms. The summed E-state index contributed by atoms with van der Waals surface area (Å²) in [7, 11) is -3.81. The lowest BCUT2D eigenvalue weighted by Gasteiger charge is -2.32. The Hall–Kier alpha value is -0.860. The molecular weight excluding hydrogens is 246 g/mol. The van der Waals surface area contributed by atoms with Crippen molar-refractivity contribution in [1.29, 1.82) is 0 Å². The molecule has 0 aromatic heterocycles. The summed E-state index contributed by atoms with van der Waals surface area (Å²) in [5.74, 6) is 0. The van der Waals surface area contributed by atoms with E-state index < -0.39 is 16.3 Å². The molecule has 0 aromatic carbocycles. The van der Waals surface area contributed by atoms with Crippen LogP contribution in [0.5, 0.6) is 0 Å². The van der Waals surface area contributed by atoms with Gasteiger partial charge in [-0.25, -0.2) is 9.52 Å². The van der Waals surface area contributed by atoms with Gasteiger partial charge in [-0.15, -0.1) is 0 Å². The highest BCUT2D eigenvalue weighted by molar-refractivity contribution is 7.87. The number of carbonyl (C=O) groups excluding carboxylic acids is 1. The Balaban J connectivity index is 2.64. The van der Waals surface area contributed by atoms with Crippen molar-refractivity contribution in [2.45, 2.75) is 32.9 Å². The maximum absolute atomic E-state index is 11.9. The molecule has 1 heterocycles. The third-order valence-corrected chi connectivity index (χ3v) is 3.89. The lowest BCUT2D eigenvalue weighted by molar-refractivity contribution is 0.120. The minimum Gasteiger partial charge on any atom is -0.446 e. The second kappa shape index (κ2) is 5.65. The SMILES string of the molecule is CC(C)OC(=O)NS(=O)(=O)N1CCNCC1C. The molecule has 0 saturated carbocycles. The minimum atomic E-state index is -3.81. The highest BCUT2D eigenvalue weighted by Gasteiger charge is 2.31. The molecule has 7 nitrogen and oxygen atoms in total. The molecule has 17 heavy (non-hydrogen) atoms. The average molecular weight is 265 g/mol. The average Bonchev–Trinajstić information content (AvgIpc) is 2.15. The first-order valence-electron chi connectivity index (χ1n) is 5.54. The van der Waals surface area contributed by atoms with Crippen LogP contribution in [0.3, 0.4) is 0 Å². The second-order valence-corrected chi connectivity index (χ2v) is 5.85. The van der Waals surface area contributed by atoms with Crippen molar-refractivity contribution in [3.63, 3.8) is 0 Å². The number of nitrogens with one attached hydrogen (secondary N) is 2. The highest BCUT2D eigenvalue weighted by Crippen LogP contribution is 2.07. The zero-order valence-electron chi connectivity index (χ0n) is 10.3. The van der Waals surface area contributed by atoms with Gasteiger partial charge < -0.3 is 10.1 Å². The Labute approximate surface area is 102 Å². The van der Waals surface area contributed by atoms with Gasteiger partial charge in [0.25, 0.3) is 0 Å². The summed E-state index contributed by atoms with van der Waals surface area (Å²) in [5.41, 5.74) is 0. The van der Waals surface area contributed by atoms with Gasteiger partial charge >= 0.3 is 16.3 Å². The van der Waals surface area contributed by atoms with E-state index in [1.807, 2.05) is 4.72 Å². The predicted molar refractivity (Wildman–Crippen MR) is 62.7 cm³/mol. The Kier molecular flexibility index (Phi) is 4.72. The summed E-state index contributed by atoms with van der Waals surface area (Å²) < 4.78 is 31.6. The molecule has 0 aliphatic carbocycles. The number of ether oxygens (including phenoxy) is 1. The van der Waals surface area contributed by atoms with Crippen LogP contribution in [0.15, 0.2) is 0 Å². The first-order chi connectivity index (χ1) is 7.83. The number of piperazine rings is 1. The first-order valence-corrected chi connectivity index (χ1v) is 6.98. The van der Waals surface area contributed by atoms with Gasteiger partial charge in [-0.3, -0.25) is 0 Å². The van der Waals surface area contributed by atoms with E-state index in [0.29, 0.717) is 19.6 Å². The molecule has 1 fully saturated rings. The molecule has 2 N–H and O–H groups in total. The van der Waals surface area contributed by atoms with E-state index in [0.717, 1.165) is 0 Å². The van der Waals surface area contributed by atoms with Gasteiger partial charge in [0, 0.05) is 25.7 Å². The van der Waals surface area contributed by atoms with Crippen molar-refractivity contribution in [3.05, 3.63) is 0 Å². The van der Waals surface area contributed by atoms with Crippen molar-refractivity contribution >= 4 is 16.3 Å². The summed E-state index contributed by atoms with van der Waals surface area (Å²) in [4.78, 5) is 11.3. The van der Waals surface area contributed by atoms with Crippen LogP contribution in [0.4, 0.5) is 4.79 Å². The van der Waals surface area contributed by atoms with Crippen LogP contribution in [0, 0.1) is 0 Å². The lowest BCUT2D eigenvalue weighted by atomic mass is 10.3. The standard InChI is InChI=1S/C9H19N3O4S/c1-7(2)16-9(13)11-17(14,15)12-5-4-10-6-8(12)3/h7-8,10H,4-6H2,1-3H3,(H,11,13). The van der Waals surface area contributed by atoms with Gasteiger partial charge in [0.1, 0.15) is 0 Å². The molecule has 1 amide bonds. The summed E-state index contributed by atoms with van der Waals surface area (Å²) in [6, 6.07) is -0.187. The van der Waals surface area contributed by atoms with E-state index in [-0.39, 0.29) is 12.1 Å². The molecule has 1 aliphatic rings. The smallest absolute Gasteiger partial charge is 0.422 e. The van der Waals surface area contributed by atoms with E-state index in [2.05, 4.69) is 5.32 Å². The van der Waals surface area contributed by atoms with Gasteiger partial charge in [0.2, 0.25) is 0 Å². The minimum absolute atomic E-state index is 0.187. The largest absolute Gasteiger partial charge is 0.446 e. The molecule has 1 saturated heterocycles. The topological polar surface area (TPSA) is 87.7 Å². The zero-order valence-corrected chi connectivity index (χ0v) is 11.1. The molecule has 0 radical (unpaired) electrons. The molecule has 1 rings (SSSR count). The molecule has 1 unspecified atom stereocenters. The fourth-order valence-electron chi connectivity index (χ4n) is 1.58. The molecular formula is C9H19N3O4S. The molecule has 100 valence electrons. The van der Waals surface area contributed by atoms with Crippen LogP contribution in [0.1, 0.15) is 20.8 Å². The lowest BCUT2D eigenvalue weighted by Crippen LogP contribution is -2.56. The highest BCUT2D eigenvalue weighted by atomic mass is 32.2. The number of amides is 1. The van der Waals surface area contributed by atoms with Gasteiger partial charge in [-0.05, 0) is 20.8 Å². The maximum Gasteiger partial charge on any atom is 0.422 e. The maximum atomic E-state index is 11.9. The monoisotopic (exact) mass is 265 g/mol. The van der Waals surface area contributed by atoms with Gasteiger partial charge in [0.05, 0.1) is 6.10 Å². The van der Waals surface area contributed by atoms with Crippen molar-refractivity contribution in [1.82, 2.24) is 14.3 Å². The number of nitrogens with zero attached hydrogens (tertiary/aromatic N) is 1. The molecule has 1 aliphatic heterocycles. The fraction of sp³-hybridized carbons (Fsp3) is 0.889. The van der Waals surface area contributed by atoms with Crippen LogP contribution in [0.2, 0.25) is 0 Å². The van der Waals surface area contributed by atoms with Crippen LogP contribution >= 0.6 is 0 Å². The van der Waals surface area contributed by atoms with E-state index in [4.69, 9.17) is 4.74 Å². The number of hydrogen-bond acceptors (Lipinski definition) is 5. The van der Waals surface area contributed by atoms with Gasteiger partial charge in [0.15, 0.2) is 0 Å². The van der Waals surface area contributed by atoms with Crippen LogP contribution in [0.25, 0.3) is 0 Å². The van der Waals surface area contributed by atoms with E-state index in [1.54, 1.807) is 20.8 Å². The third-order valence-electron chi connectivity index (χ3n) is 2.30. The predicted octanol–water partition coefficient (Wildman–Crippen LogP) is -0.340. The number of carbonyl (C=O) groups is 1. The van der Waals surface area contributed by atoms with Crippen molar-refractivity contribution < 1.29 is 17.9 Å². The Morgan fingerprint density at radius 3 is 2.71 bits per heavy atom. The van der Waals surface area contributed by atoms with Gasteiger partial charge in [-0.2, -0.15) is 12.7 Å². The summed E-state index contributed by atoms with van der Waals surface area (Å²) in [6.07, 6.45) is -1.30. The summed E-state index contributed by atoms with van der Waals surface area (Å²) in [5, 5.41) is 3.07. The van der Waals surface area contributed by atoms with Crippen molar-refractivity contribution in [2.75, 3.05) is 19.6 Å². The Bertz CT molecular complexity index is 368. The summed E-state index contributed by atoms with van der Waals surface area (Å²) >= 11 is 0. The third kappa shape index (κ3) is 4.14. The van der Waals surface area contributed by atoms with E-state index in [1.165, 1.54) is 4.31 Å². The summed E-state index contributed by atoms with van der Waals surface area (Å²) in [6.45, 7) is 6.56. The molecule has 0 aromatic rings. The molecule has 1 atom stereocenters. The van der Waals surface area contributed by atoms with Crippen LogP contribution in [-0.2, 0) is 14.9 Å². The van der Waals surface area contributed by atoms with E-state index in [9.17, 15) is 13.2 Å².